The van der Waals surface area contributed by atoms with Gasteiger partial charge in [0.1, 0.15) is 11.5 Å². The lowest BCUT2D eigenvalue weighted by Crippen LogP contribution is -2.69. The predicted molar refractivity (Wildman–Crippen MR) is 249 cm³/mol. The molecule has 2 nitrogen and oxygen atoms in total. The molecule has 0 fully saturated rings. The number of rotatable bonds is 18. The average Bonchev–Trinajstić information content (AvgIpc) is 3.20. The fourth-order valence-corrected chi connectivity index (χ4v) is 17.1. The molecule has 0 saturated carbocycles. The molecular formula is C52H66O2Si2. The summed E-state index contributed by atoms with van der Waals surface area (Å²) >= 11 is 0. The molecule has 0 aliphatic carbocycles. The normalized spacial score (nSPS) is 12.7. The summed E-state index contributed by atoms with van der Waals surface area (Å²) in [6.07, 6.45) is 18.6. The molecule has 0 spiro atoms. The minimum Gasteiger partial charge on any atom is -0.534 e. The highest BCUT2D eigenvalue weighted by molar-refractivity contribution is 7.00. The number of hydrogen-bond acceptors (Lipinski definition) is 2. The SMILES string of the molecule is CCCCC/C=C/c1c(O[Si](c2ccccc2)(c2ccccc2)C(C)(C)C)ccc(O[Si](c2ccccc2)(c2ccccc2)C(C)(C)C)c1/C=C/CCCCC. The van der Waals surface area contributed by atoms with Gasteiger partial charge in [-0.3, -0.25) is 0 Å². The standard InChI is InChI=1S/C52H66O2Si2/c1-9-11-13-15-29-39-47-48(40-30-16-14-12-10-2)50(54-56(52(6,7)8,45-35-25-19-26-36-45)46-37-27-20-28-38-46)42-41-49(47)53-55(51(3,4)5,43-31-21-17-22-32-43)44-33-23-18-24-34-44/h17-42H,9-16H2,1-8H3/b39-29+,40-30+. The maximum Gasteiger partial charge on any atom is 0.319 e. The van der Waals surface area contributed by atoms with Crippen LogP contribution in [0.5, 0.6) is 11.5 Å². The smallest absolute Gasteiger partial charge is 0.319 e. The second-order valence-corrected chi connectivity index (χ2v) is 25.7. The van der Waals surface area contributed by atoms with Crippen molar-refractivity contribution in [2.24, 2.45) is 0 Å². The minimum absolute atomic E-state index is 0.182. The lowest BCUT2D eigenvalue weighted by atomic mass is 10.0. The summed E-state index contributed by atoms with van der Waals surface area (Å²) in [5, 5.41) is 4.69. The first-order chi connectivity index (χ1) is 27.0. The molecule has 0 aromatic heterocycles. The van der Waals surface area contributed by atoms with E-state index in [2.05, 4.69) is 213 Å². The molecule has 4 heteroatoms. The van der Waals surface area contributed by atoms with Crippen LogP contribution >= 0.6 is 0 Å². The van der Waals surface area contributed by atoms with Crippen LogP contribution in [-0.2, 0) is 0 Å². The lowest BCUT2D eigenvalue weighted by Gasteiger charge is -2.44. The number of allylic oxidation sites excluding steroid dienone is 2. The van der Waals surface area contributed by atoms with Gasteiger partial charge in [0.15, 0.2) is 0 Å². The molecule has 0 saturated heterocycles. The van der Waals surface area contributed by atoms with Crippen molar-refractivity contribution in [2.45, 2.75) is 117 Å². The van der Waals surface area contributed by atoms with Crippen LogP contribution in [0.4, 0.5) is 0 Å². The molecule has 0 amide bonds. The van der Waals surface area contributed by atoms with Crippen LogP contribution in [0.15, 0.2) is 146 Å². The molecule has 0 heterocycles. The Morgan fingerprint density at radius 2 is 0.696 bits per heavy atom. The van der Waals surface area contributed by atoms with Crippen molar-refractivity contribution in [3.63, 3.8) is 0 Å². The molecule has 294 valence electrons. The summed E-state index contributed by atoms with van der Waals surface area (Å²) in [6, 6.07) is 48.4. The van der Waals surface area contributed by atoms with Crippen molar-refractivity contribution in [3.05, 3.63) is 157 Å². The Hall–Kier alpha value is -4.39. The van der Waals surface area contributed by atoms with Gasteiger partial charge in [0.05, 0.1) is 0 Å². The number of benzene rings is 5. The molecule has 0 atom stereocenters. The van der Waals surface area contributed by atoms with E-state index in [0.29, 0.717) is 0 Å². The maximum atomic E-state index is 7.86. The third-order valence-corrected chi connectivity index (χ3v) is 20.9. The van der Waals surface area contributed by atoms with E-state index >= 15 is 0 Å². The fraction of sp³-hybridized carbons (Fsp3) is 0.346. The summed E-state index contributed by atoms with van der Waals surface area (Å²) in [7, 11) is -5.89. The van der Waals surface area contributed by atoms with Crippen molar-refractivity contribution in [2.75, 3.05) is 0 Å². The van der Waals surface area contributed by atoms with Gasteiger partial charge in [-0.05, 0) is 68.6 Å². The van der Waals surface area contributed by atoms with Gasteiger partial charge in [-0.15, -0.1) is 0 Å². The third-order valence-electron chi connectivity index (χ3n) is 11.1. The Kier molecular flexibility index (Phi) is 15.0. The van der Waals surface area contributed by atoms with Crippen LogP contribution in [0.3, 0.4) is 0 Å². The Morgan fingerprint density at radius 1 is 0.411 bits per heavy atom. The van der Waals surface area contributed by atoms with E-state index in [-0.39, 0.29) is 10.1 Å². The fourth-order valence-electron chi connectivity index (χ4n) is 8.17. The van der Waals surface area contributed by atoms with Crippen molar-refractivity contribution in [1.82, 2.24) is 0 Å². The summed E-state index contributed by atoms with van der Waals surface area (Å²) in [5.41, 5.74) is 2.19. The van der Waals surface area contributed by atoms with Crippen LogP contribution in [0.1, 0.15) is 118 Å². The van der Waals surface area contributed by atoms with E-state index in [9.17, 15) is 0 Å². The second-order valence-electron chi connectivity index (χ2n) is 17.2. The molecule has 0 bridgehead atoms. The van der Waals surface area contributed by atoms with Gasteiger partial charge in [0.25, 0.3) is 0 Å². The number of hydrogen-bond donors (Lipinski definition) is 0. The van der Waals surface area contributed by atoms with Crippen molar-refractivity contribution >= 4 is 49.5 Å². The maximum absolute atomic E-state index is 7.86. The van der Waals surface area contributed by atoms with Gasteiger partial charge in [-0.25, -0.2) is 0 Å². The molecule has 0 aliphatic rings. The van der Waals surface area contributed by atoms with Gasteiger partial charge < -0.3 is 8.85 Å². The van der Waals surface area contributed by atoms with Gasteiger partial charge in [-0.1, -0.05) is 227 Å². The first-order valence-corrected chi connectivity index (χ1v) is 24.9. The van der Waals surface area contributed by atoms with E-state index < -0.39 is 16.6 Å². The van der Waals surface area contributed by atoms with E-state index in [1.54, 1.807) is 0 Å². The quantitative estimate of drug-likeness (QED) is 0.0651. The van der Waals surface area contributed by atoms with Gasteiger partial charge >= 0.3 is 16.6 Å². The predicted octanol–water partition coefficient (Wildman–Crippen LogP) is 12.8. The van der Waals surface area contributed by atoms with Crippen LogP contribution < -0.4 is 29.6 Å². The molecule has 5 aromatic rings. The molecule has 0 N–H and O–H groups in total. The van der Waals surface area contributed by atoms with Crippen LogP contribution in [0.2, 0.25) is 10.1 Å². The zero-order valence-corrected chi connectivity index (χ0v) is 37.5. The van der Waals surface area contributed by atoms with E-state index in [1.165, 1.54) is 59.3 Å². The molecule has 0 radical (unpaired) electrons. The van der Waals surface area contributed by atoms with E-state index in [1.807, 2.05) is 0 Å². The highest BCUT2D eigenvalue weighted by Gasteiger charge is 2.54. The first-order valence-electron chi connectivity index (χ1n) is 21.1. The molecule has 5 aromatic carbocycles. The minimum atomic E-state index is -2.94. The van der Waals surface area contributed by atoms with Crippen molar-refractivity contribution in [1.29, 1.82) is 0 Å². The van der Waals surface area contributed by atoms with Crippen LogP contribution in [0, 0.1) is 0 Å². The van der Waals surface area contributed by atoms with E-state index in [0.717, 1.165) is 35.5 Å². The number of unbranched alkanes of at least 4 members (excludes halogenated alkanes) is 6. The highest BCUT2D eigenvalue weighted by Crippen LogP contribution is 2.44. The Morgan fingerprint density at radius 3 is 0.946 bits per heavy atom. The lowest BCUT2D eigenvalue weighted by molar-refractivity contribution is 0.495. The van der Waals surface area contributed by atoms with Crippen molar-refractivity contribution in [3.8, 4) is 11.5 Å². The largest absolute Gasteiger partial charge is 0.534 e. The first kappa shape index (κ1) is 42.8. The van der Waals surface area contributed by atoms with Gasteiger partial charge in [-0.2, -0.15) is 0 Å². The van der Waals surface area contributed by atoms with E-state index in [4.69, 9.17) is 8.85 Å². The Labute approximate surface area is 342 Å². The summed E-state index contributed by atoms with van der Waals surface area (Å²) in [5.74, 6) is 1.82. The molecule has 0 aliphatic heterocycles. The summed E-state index contributed by atoms with van der Waals surface area (Å²) < 4.78 is 15.7. The third kappa shape index (κ3) is 9.58. The van der Waals surface area contributed by atoms with Crippen LogP contribution in [-0.4, -0.2) is 16.6 Å². The summed E-state index contributed by atoms with van der Waals surface area (Å²) in [4.78, 5) is 0. The molecular weight excluding hydrogens is 713 g/mol. The average molecular weight is 779 g/mol. The van der Waals surface area contributed by atoms with Gasteiger partial charge in [0, 0.05) is 11.1 Å². The Balaban J connectivity index is 1.82. The molecule has 0 unspecified atom stereocenters. The topological polar surface area (TPSA) is 18.5 Å². The summed E-state index contributed by atoms with van der Waals surface area (Å²) in [6.45, 7) is 18.7. The zero-order chi connectivity index (χ0) is 40.1. The molecule has 5 rings (SSSR count). The highest BCUT2D eigenvalue weighted by atomic mass is 28.4. The molecule has 56 heavy (non-hydrogen) atoms. The van der Waals surface area contributed by atoms with Crippen molar-refractivity contribution < 1.29 is 8.85 Å². The monoisotopic (exact) mass is 778 g/mol. The van der Waals surface area contributed by atoms with Crippen LogP contribution in [0.25, 0.3) is 12.2 Å². The zero-order valence-electron chi connectivity index (χ0n) is 35.5. The van der Waals surface area contributed by atoms with Gasteiger partial charge in [0.2, 0.25) is 0 Å². The second kappa shape index (κ2) is 19.7. The Bertz CT molecular complexity index is 1750.